The highest BCUT2D eigenvalue weighted by molar-refractivity contribution is 7.91. The predicted octanol–water partition coefficient (Wildman–Crippen LogP) is 1.00. The Kier molecular flexibility index (Phi) is 6.87. The van der Waals surface area contributed by atoms with Gasteiger partial charge in [0.2, 0.25) is 0 Å². The number of hydrogen-bond donors (Lipinski definition) is 1. The molecule has 0 spiro atoms. The van der Waals surface area contributed by atoms with Gasteiger partial charge in [0.25, 0.3) is 5.91 Å². The van der Waals surface area contributed by atoms with E-state index in [9.17, 15) is 22.8 Å². The smallest absolute Gasteiger partial charge is 0.355 e. The number of hydrogen-bond acceptors (Lipinski definition) is 7. The average Bonchev–Trinajstić information content (AvgIpc) is 3.12. The molecule has 1 atom stereocenters. The molecule has 9 nitrogen and oxygen atoms in total. The van der Waals surface area contributed by atoms with Gasteiger partial charge in [-0.05, 0) is 39.7 Å². The van der Waals surface area contributed by atoms with Gasteiger partial charge in [-0.15, -0.1) is 0 Å². The number of rotatable bonds is 7. The second-order valence-corrected chi connectivity index (χ2v) is 8.89. The summed E-state index contributed by atoms with van der Waals surface area (Å²) in [5, 5.41) is 0. The van der Waals surface area contributed by atoms with E-state index in [1.807, 2.05) is 0 Å². The van der Waals surface area contributed by atoms with Crippen molar-refractivity contribution in [3.8, 4) is 0 Å². The Hall–Kier alpha value is -2.36. The molecule has 156 valence electrons. The largest absolute Gasteiger partial charge is 0.461 e. The van der Waals surface area contributed by atoms with E-state index in [4.69, 9.17) is 9.47 Å². The zero-order valence-electron chi connectivity index (χ0n) is 16.5. The molecule has 0 aliphatic carbocycles. The Morgan fingerprint density at radius 3 is 2.36 bits per heavy atom. The SMILES string of the molecule is CCOC(=O)c1[nH]c(C)c(C(=O)OCC(=O)N(CC)[C@H]2CCS(=O)(=O)C2)c1C. The number of likely N-dealkylation sites (N-methyl/N-ethyl adjacent to an activating group) is 1. The molecule has 2 rings (SSSR count). The minimum Gasteiger partial charge on any atom is -0.461 e. The van der Waals surface area contributed by atoms with Gasteiger partial charge in [0.1, 0.15) is 5.69 Å². The Bertz CT molecular complexity index is 873. The monoisotopic (exact) mass is 414 g/mol. The van der Waals surface area contributed by atoms with Crippen molar-refractivity contribution in [1.82, 2.24) is 9.88 Å². The van der Waals surface area contributed by atoms with Crippen molar-refractivity contribution in [2.75, 3.05) is 31.3 Å². The van der Waals surface area contributed by atoms with Crippen molar-refractivity contribution in [1.29, 1.82) is 0 Å². The van der Waals surface area contributed by atoms with Gasteiger partial charge in [-0.3, -0.25) is 4.79 Å². The normalized spacial score (nSPS) is 17.9. The number of carbonyl (C=O) groups excluding carboxylic acids is 3. The maximum absolute atomic E-state index is 12.5. The minimum absolute atomic E-state index is 0.0552. The third-order valence-electron chi connectivity index (χ3n) is 4.76. The van der Waals surface area contributed by atoms with Gasteiger partial charge in [0.05, 0.1) is 23.7 Å². The van der Waals surface area contributed by atoms with Gasteiger partial charge in [0.15, 0.2) is 16.4 Å². The molecule has 1 aromatic rings. The van der Waals surface area contributed by atoms with Crippen molar-refractivity contribution in [2.45, 2.75) is 40.2 Å². The summed E-state index contributed by atoms with van der Waals surface area (Å²) in [5.74, 6) is -1.77. The maximum atomic E-state index is 12.5. The number of ether oxygens (including phenoxy) is 2. The molecule has 1 fully saturated rings. The molecule has 0 radical (unpaired) electrons. The molecule has 1 aliphatic rings. The highest BCUT2D eigenvalue weighted by Gasteiger charge is 2.34. The number of carbonyl (C=O) groups is 3. The van der Waals surface area contributed by atoms with Crippen LogP contribution in [0.15, 0.2) is 0 Å². The molecule has 1 aromatic heterocycles. The molecule has 0 unspecified atom stereocenters. The summed E-state index contributed by atoms with van der Waals surface area (Å²) in [5.41, 5.74) is 1.18. The number of sulfone groups is 1. The number of H-pyrrole nitrogens is 1. The minimum atomic E-state index is -3.13. The third kappa shape index (κ3) is 4.73. The third-order valence-corrected chi connectivity index (χ3v) is 6.51. The van der Waals surface area contributed by atoms with Crippen LogP contribution in [0.3, 0.4) is 0 Å². The molecule has 28 heavy (non-hydrogen) atoms. The Morgan fingerprint density at radius 1 is 1.14 bits per heavy atom. The van der Waals surface area contributed by atoms with Crippen molar-refractivity contribution >= 4 is 27.7 Å². The summed E-state index contributed by atoms with van der Waals surface area (Å²) in [6.07, 6.45) is 0.384. The van der Waals surface area contributed by atoms with Crippen LogP contribution in [-0.4, -0.2) is 73.5 Å². The lowest BCUT2D eigenvalue weighted by Crippen LogP contribution is -2.43. The summed E-state index contributed by atoms with van der Waals surface area (Å²) < 4.78 is 33.4. The van der Waals surface area contributed by atoms with E-state index >= 15 is 0 Å². The lowest BCUT2D eigenvalue weighted by molar-refractivity contribution is -0.136. The van der Waals surface area contributed by atoms with Gasteiger partial charge in [-0.2, -0.15) is 0 Å². The van der Waals surface area contributed by atoms with Crippen LogP contribution in [0.4, 0.5) is 0 Å². The number of aromatic nitrogens is 1. The van der Waals surface area contributed by atoms with Gasteiger partial charge < -0.3 is 19.4 Å². The van der Waals surface area contributed by atoms with E-state index in [1.165, 1.54) is 4.90 Å². The van der Waals surface area contributed by atoms with Crippen LogP contribution in [0, 0.1) is 13.8 Å². The van der Waals surface area contributed by atoms with Crippen LogP contribution >= 0.6 is 0 Å². The fourth-order valence-corrected chi connectivity index (χ4v) is 5.14. The number of aromatic amines is 1. The maximum Gasteiger partial charge on any atom is 0.355 e. The standard InChI is InChI=1S/C18H26N2O7S/c1-5-20(13-7-8-28(24,25)10-13)14(21)9-27-17(22)15-11(3)16(19-12(15)4)18(23)26-6-2/h13,19H,5-10H2,1-4H3/t13-/m0/s1. The number of nitrogens with one attached hydrogen (secondary N) is 1. The van der Waals surface area contributed by atoms with E-state index in [2.05, 4.69) is 4.98 Å². The first-order valence-corrected chi connectivity index (χ1v) is 11.0. The predicted molar refractivity (Wildman–Crippen MR) is 101 cm³/mol. The summed E-state index contributed by atoms with van der Waals surface area (Å²) in [7, 11) is -3.13. The second-order valence-electron chi connectivity index (χ2n) is 6.66. The molecular weight excluding hydrogens is 388 g/mol. The first kappa shape index (κ1) is 21.9. The molecule has 0 aromatic carbocycles. The van der Waals surface area contributed by atoms with E-state index < -0.39 is 40.3 Å². The molecular formula is C18H26N2O7S. The Labute approximate surface area is 164 Å². The van der Waals surface area contributed by atoms with Crippen LogP contribution in [0.5, 0.6) is 0 Å². The van der Waals surface area contributed by atoms with E-state index in [0.717, 1.165) is 0 Å². The van der Waals surface area contributed by atoms with E-state index in [1.54, 1.807) is 27.7 Å². The van der Waals surface area contributed by atoms with Crippen LogP contribution in [0.1, 0.15) is 52.4 Å². The summed E-state index contributed by atoms with van der Waals surface area (Å²) in [6.45, 7) is 6.67. The topological polar surface area (TPSA) is 123 Å². The molecule has 1 aliphatic heterocycles. The van der Waals surface area contributed by atoms with Crippen LogP contribution in [0.25, 0.3) is 0 Å². The number of esters is 2. The molecule has 10 heteroatoms. The highest BCUT2D eigenvalue weighted by atomic mass is 32.2. The van der Waals surface area contributed by atoms with Crippen LogP contribution in [-0.2, 0) is 24.1 Å². The molecule has 0 saturated carbocycles. The number of aryl methyl sites for hydroxylation is 1. The zero-order valence-corrected chi connectivity index (χ0v) is 17.3. The van der Waals surface area contributed by atoms with Gasteiger partial charge in [0, 0.05) is 18.3 Å². The van der Waals surface area contributed by atoms with Crippen LogP contribution in [0.2, 0.25) is 0 Å². The Morgan fingerprint density at radius 2 is 1.82 bits per heavy atom. The second kappa shape index (κ2) is 8.76. The average molecular weight is 414 g/mol. The summed E-state index contributed by atoms with van der Waals surface area (Å²) in [6, 6.07) is -0.396. The van der Waals surface area contributed by atoms with Crippen molar-refractivity contribution < 1.29 is 32.3 Å². The summed E-state index contributed by atoms with van der Waals surface area (Å²) in [4.78, 5) is 41.1. The van der Waals surface area contributed by atoms with Crippen molar-refractivity contribution in [3.05, 3.63) is 22.5 Å². The molecule has 1 N–H and O–H groups in total. The van der Waals surface area contributed by atoms with Crippen molar-refractivity contribution in [3.63, 3.8) is 0 Å². The fraction of sp³-hybridized carbons (Fsp3) is 0.611. The fourth-order valence-electron chi connectivity index (χ4n) is 3.41. The van der Waals surface area contributed by atoms with Gasteiger partial charge in [-0.25, -0.2) is 18.0 Å². The lowest BCUT2D eigenvalue weighted by atomic mass is 10.1. The highest BCUT2D eigenvalue weighted by Crippen LogP contribution is 2.21. The molecule has 2 heterocycles. The molecule has 1 saturated heterocycles. The zero-order chi connectivity index (χ0) is 21.1. The Balaban J connectivity index is 2.05. The van der Waals surface area contributed by atoms with E-state index in [0.29, 0.717) is 24.2 Å². The first-order chi connectivity index (χ1) is 13.1. The van der Waals surface area contributed by atoms with Crippen molar-refractivity contribution in [2.24, 2.45) is 0 Å². The van der Waals surface area contributed by atoms with Crippen LogP contribution < -0.4 is 0 Å². The lowest BCUT2D eigenvalue weighted by Gasteiger charge is -2.26. The first-order valence-electron chi connectivity index (χ1n) is 9.14. The number of nitrogens with zero attached hydrogens (tertiary/aromatic N) is 1. The van der Waals surface area contributed by atoms with Gasteiger partial charge >= 0.3 is 11.9 Å². The molecule has 1 amide bonds. The van der Waals surface area contributed by atoms with Gasteiger partial charge in [-0.1, -0.05) is 0 Å². The summed E-state index contributed by atoms with van der Waals surface area (Å²) >= 11 is 0. The number of amides is 1. The molecule has 0 bridgehead atoms. The quantitative estimate of drug-likeness (QED) is 0.660. The van der Waals surface area contributed by atoms with E-state index in [-0.39, 0.29) is 29.4 Å².